The minimum atomic E-state index is -0.232. The highest BCUT2D eigenvalue weighted by molar-refractivity contribution is 5.87. The number of nitrogens with zero attached hydrogens (tertiary/aromatic N) is 1. The van der Waals surface area contributed by atoms with Crippen molar-refractivity contribution < 1.29 is 9.59 Å². The third-order valence-corrected chi connectivity index (χ3v) is 2.98. The van der Waals surface area contributed by atoms with Gasteiger partial charge >= 0.3 is 0 Å². The SMILES string of the molecule is CC(=O)N1CCCC1C(=O)NCCC(C)C. The number of likely N-dealkylation sites (tertiary alicyclic amines) is 1. The molecule has 0 aromatic rings. The molecule has 0 radical (unpaired) electrons. The summed E-state index contributed by atoms with van der Waals surface area (Å²) in [7, 11) is 0. The van der Waals surface area contributed by atoms with Crippen molar-refractivity contribution in [3.8, 4) is 0 Å². The van der Waals surface area contributed by atoms with Crippen molar-refractivity contribution in [3.63, 3.8) is 0 Å². The van der Waals surface area contributed by atoms with Gasteiger partial charge in [-0.15, -0.1) is 0 Å². The summed E-state index contributed by atoms with van der Waals surface area (Å²) in [5, 5.41) is 2.91. The van der Waals surface area contributed by atoms with Crippen LogP contribution in [0.2, 0.25) is 0 Å². The first-order valence-electron chi connectivity index (χ1n) is 6.07. The van der Waals surface area contributed by atoms with Crippen molar-refractivity contribution in [3.05, 3.63) is 0 Å². The Labute approximate surface area is 97.4 Å². The molecular formula is C12H22N2O2. The van der Waals surface area contributed by atoms with Crippen molar-refractivity contribution in [2.75, 3.05) is 13.1 Å². The molecule has 0 aromatic carbocycles. The fraction of sp³-hybridized carbons (Fsp3) is 0.833. The minimum absolute atomic E-state index is 0.00140. The Morgan fingerprint density at radius 2 is 2.12 bits per heavy atom. The molecule has 2 amide bonds. The molecule has 4 heteroatoms. The second kappa shape index (κ2) is 5.87. The van der Waals surface area contributed by atoms with Gasteiger partial charge in [-0.05, 0) is 25.2 Å². The summed E-state index contributed by atoms with van der Waals surface area (Å²) in [6, 6.07) is -0.232. The summed E-state index contributed by atoms with van der Waals surface area (Å²) in [5.41, 5.74) is 0. The van der Waals surface area contributed by atoms with E-state index in [-0.39, 0.29) is 17.9 Å². The summed E-state index contributed by atoms with van der Waals surface area (Å²) in [6.07, 6.45) is 2.72. The van der Waals surface area contributed by atoms with Crippen molar-refractivity contribution in [2.45, 2.75) is 46.1 Å². The standard InChI is InChI=1S/C12H22N2O2/c1-9(2)6-7-13-12(16)11-5-4-8-14(11)10(3)15/h9,11H,4-8H2,1-3H3,(H,13,16). The van der Waals surface area contributed by atoms with Crippen molar-refractivity contribution in [1.29, 1.82) is 0 Å². The van der Waals surface area contributed by atoms with Gasteiger partial charge in [0.25, 0.3) is 0 Å². The maximum Gasteiger partial charge on any atom is 0.242 e. The van der Waals surface area contributed by atoms with Crippen molar-refractivity contribution >= 4 is 11.8 Å². The molecule has 0 aromatic heterocycles. The topological polar surface area (TPSA) is 49.4 Å². The van der Waals surface area contributed by atoms with Crippen LogP contribution in [0.5, 0.6) is 0 Å². The molecule has 1 aliphatic heterocycles. The van der Waals surface area contributed by atoms with Crippen LogP contribution in [0.4, 0.5) is 0 Å². The van der Waals surface area contributed by atoms with Crippen molar-refractivity contribution in [1.82, 2.24) is 10.2 Å². The fourth-order valence-electron chi connectivity index (χ4n) is 2.02. The van der Waals surface area contributed by atoms with E-state index < -0.39 is 0 Å². The summed E-state index contributed by atoms with van der Waals surface area (Å²) in [5.74, 6) is 0.600. The van der Waals surface area contributed by atoms with Crippen LogP contribution in [0.25, 0.3) is 0 Å². The lowest BCUT2D eigenvalue weighted by molar-refractivity contribution is -0.136. The highest BCUT2D eigenvalue weighted by atomic mass is 16.2. The van der Waals surface area contributed by atoms with E-state index >= 15 is 0 Å². The Balaban J connectivity index is 2.38. The normalized spacial score (nSPS) is 20.2. The first-order valence-corrected chi connectivity index (χ1v) is 6.07. The maximum absolute atomic E-state index is 11.8. The molecule has 1 unspecified atom stereocenters. The fourth-order valence-corrected chi connectivity index (χ4v) is 2.02. The highest BCUT2D eigenvalue weighted by Gasteiger charge is 2.31. The second-order valence-corrected chi connectivity index (χ2v) is 4.84. The predicted molar refractivity (Wildman–Crippen MR) is 62.9 cm³/mol. The minimum Gasteiger partial charge on any atom is -0.354 e. The average Bonchev–Trinajstić information content (AvgIpc) is 2.65. The summed E-state index contributed by atoms with van der Waals surface area (Å²) >= 11 is 0. The number of rotatable bonds is 4. The molecule has 0 saturated carbocycles. The van der Waals surface area contributed by atoms with E-state index in [1.165, 1.54) is 6.92 Å². The van der Waals surface area contributed by atoms with E-state index in [1.807, 2.05) is 0 Å². The lowest BCUT2D eigenvalue weighted by Gasteiger charge is -2.22. The van der Waals surface area contributed by atoms with E-state index in [2.05, 4.69) is 19.2 Å². The summed E-state index contributed by atoms with van der Waals surface area (Å²) in [4.78, 5) is 24.8. The average molecular weight is 226 g/mol. The Bertz CT molecular complexity index is 264. The first kappa shape index (κ1) is 13.0. The Morgan fingerprint density at radius 1 is 1.44 bits per heavy atom. The van der Waals surface area contributed by atoms with Gasteiger partial charge in [-0.1, -0.05) is 13.8 Å². The molecule has 0 spiro atoms. The molecule has 4 nitrogen and oxygen atoms in total. The largest absolute Gasteiger partial charge is 0.354 e. The zero-order valence-corrected chi connectivity index (χ0v) is 10.5. The zero-order valence-electron chi connectivity index (χ0n) is 10.5. The van der Waals surface area contributed by atoms with E-state index in [9.17, 15) is 9.59 Å². The van der Waals surface area contributed by atoms with Gasteiger partial charge in [0.1, 0.15) is 6.04 Å². The van der Waals surface area contributed by atoms with E-state index in [4.69, 9.17) is 0 Å². The maximum atomic E-state index is 11.8. The number of amides is 2. The molecule has 1 saturated heterocycles. The molecule has 1 atom stereocenters. The van der Waals surface area contributed by atoms with Crippen LogP contribution in [0, 0.1) is 5.92 Å². The lowest BCUT2D eigenvalue weighted by atomic mass is 10.1. The quantitative estimate of drug-likeness (QED) is 0.782. The van der Waals surface area contributed by atoms with Crippen LogP contribution < -0.4 is 5.32 Å². The van der Waals surface area contributed by atoms with Gasteiger partial charge in [0.2, 0.25) is 11.8 Å². The third kappa shape index (κ3) is 3.51. The highest BCUT2D eigenvalue weighted by Crippen LogP contribution is 2.17. The Morgan fingerprint density at radius 3 is 2.69 bits per heavy atom. The van der Waals surface area contributed by atoms with Gasteiger partial charge in [0.05, 0.1) is 0 Å². The molecule has 1 heterocycles. The number of hydrogen-bond donors (Lipinski definition) is 1. The van der Waals surface area contributed by atoms with E-state index in [0.717, 1.165) is 25.8 Å². The van der Waals surface area contributed by atoms with Gasteiger partial charge in [-0.25, -0.2) is 0 Å². The molecule has 1 aliphatic rings. The molecular weight excluding hydrogens is 204 g/mol. The second-order valence-electron chi connectivity index (χ2n) is 4.84. The van der Waals surface area contributed by atoms with Crippen LogP contribution in [0.3, 0.4) is 0 Å². The first-order chi connectivity index (χ1) is 7.52. The van der Waals surface area contributed by atoms with E-state index in [0.29, 0.717) is 12.5 Å². The van der Waals surface area contributed by atoms with Gasteiger partial charge in [0.15, 0.2) is 0 Å². The smallest absolute Gasteiger partial charge is 0.242 e. The molecule has 1 N–H and O–H groups in total. The van der Waals surface area contributed by atoms with Gasteiger partial charge in [-0.3, -0.25) is 9.59 Å². The monoisotopic (exact) mass is 226 g/mol. The number of nitrogens with one attached hydrogen (secondary N) is 1. The van der Waals surface area contributed by atoms with Crippen LogP contribution in [0.1, 0.15) is 40.0 Å². The van der Waals surface area contributed by atoms with Crippen LogP contribution in [0.15, 0.2) is 0 Å². The number of hydrogen-bond acceptors (Lipinski definition) is 2. The van der Waals surface area contributed by atoms with E-state index in [1.54, 1.807) is 4.90 Å². The molecule has 92 valence electrons. The zero-order chi connectivity index (χ0) is 12.1. The van der Waals surface area contributed by atoms with Crippen LogP contribution >= 0.6 is 0 Å². The van der Waals surface area contributed by atoms with Gasteiger partial charge < -0.3 is 10.2 Å². The Kier molecular flexibility index (Phi) is 4.77. The molecule has 16 heavy (non-hydrogen) atoms. The predicted octanol–water partition coefficient (Wildman–Crippen LogP) is 1.16. The van der Waals surface area contributed by atoms with Crippen LogP contribution in [-0.4, -0.2) is 35.8 Å². The molecule has 0 bridgehead atoms. The Hall–Kier alpha value is -1.06. The van der Waals surface area contributed by atoms with Gasteiger partial charge in [0, 0.05) is 20.0 Å². The van der Waals surface area contributed by atoms with Crippen LogP contribution in [-0.2, 0) is 9.59 Å². The molecule has 1 rings (SSSR count). The number of carbonyl (C=O) groups excluding carboxylic acids is 2. The summed E-state index contributed by atoms with van der Waals surface area (Å²) < 4.78 is 0. The molecule has 0 aliphatic carbocycles. The lowest BCUT2D eigenvalue weighted by Crippen LogP contribution is -2.45. The van der Waals surface area contributed by atoms with Crippen molar-refractivity contribution in [2.24, 2.45) is 5.92 Å². The summed E-state index contributed by atoms with van der Waals surface area (Å²) in [6.45, 7) is 7.21. The van der Waals surface area contributed by atoms with Gasteiger partial charge in [-0.2, -0.15) is 0 Å². The number of carbonyl (C=O) groups is 2. The molecule has 1 fully saturated rings. The third-order valence-electron chi connectivity index (χ3n) is 2.98.